The minimum Gasteiger partial charge on any atom is -0.386 e. The van der Waals surface area contributed by atoms with Gasteiger partial charge >= 0.3 is 16.4 Å². The third-order valence-corrected chi connectivity index (χ3v) is 5.61. The van der Waals surface area contributed by atoms with E-state index >= 15 is 0 Å². The smallest absolute Gasteiger partial charge is 0.386 e. The number of aliphatic imine (C=N–C) groups is 1. The molecule has 0 spiro atoms. The van der Waals surface area contributed by atoms with Gasteiger partial charge in [-0.3, -0.25) is 14.3 Å². The summed E-state index contributed by atoms with van der Waals surface area (Å²) < 4.78 is 35.2. The minimum absolute atomic E-state index is 0.00361. The molecule has 0 aromatic rings. The topological polar surface area (TPSA) is 146 Å². The third-order valence-electron chi connectivity index (χ3n) is 5.26. The SMILES string of the molecule is CC(=O)N1CCCCC(N=C(N)[C@@H]2CC[C@@H]3CN2C(=O)N3OS(=O)(=O)O)C1. The number of urea groups is 1. The van der Waals surface area contributed by atoms with Gasteiger partial charge in [-0.1, -0.05) is 0 Å². The van der Waals surface area contributed by atoms with Crippen LogP contribution in [-0.4, -0.2) is 83.4 Å². The van der Waals surface area contributed by atoms with Crippen LogP contribution in [0.5, 0.6) is 0 Å². The summed E-state index contributed by atoms with van der Waals surface area (Å²) in [6.45, 7) is 2.99. The van der Waals surface area contributed by atoms with Crippen LogP contribution in [0.15, 0.2) is 4.99 Å². The number of hydroxylamine groups is 2. The molecule has 11 nitrogen and oxygen atoms in total. The van der Waals surface area contributed by atoms with Gasteiger partial charge in [0.2, 0.25) is 5.91 Å². The largest absolute Gasteiger partial charge is 0.418 e. The molecule has 3 aliphatic heterocycles. The molecule has 3 heterocycles. The van der Waals surface area contributed by atoms with Crippen molar-refractivity contribution in [1.29, 1.82) is 0 Å². The normalized spacial score (nSPS) is 29.9. The Morgan fingerprint density at radius 3 is 2.67 bits per heavy atom. The highest BCUT2D eigenvalue weighted by molar-refractivity contribution is 7.80. The van der Waals surface area contributed by atoms with Crippen molar-refractivity contribution in [2.75, 3.05) is 19.6 Å². The third kappa shape index (κ3) is 4.50. The van der Waals surface area contributed by atoms with E-state index in [0.29, 0.717) is 36.8 Å². The Kier molecular flexibility index (Phi) is 5.58. The molecule has 152 valence electrons. The number of amidine groups is 1. The Morgan fingerprint density at radius 1 is 1.26 bits per heavy atom. The van der Waals surface area contributed by atoms with Gasteiger partial charge in [-0.05, 0) is 32.1 Å². The van der Waals surface area contributed by atoms with E-state index in [2.05, 4.69) is 9.28 Å². The van der Waals surface area contributed by atoms with Gasteiger partial charge in [0.25, 0.3) is 0 Å². The fraction of sp³-hybridized carbons (Fsp3) is 0.800. The van der Waals surface area contributed by atoms with Crippen molar-refractivity contribution in [1.82, 2.24) is 14.9 Å². The summed E-state index contributed by atoms with van der Waals surface area (Å²) in [6, 6.07) is -1.71. The zero-order chi connectivity index (χ0) is 19.8. The predicted octanol–water partition coefficient (Wildman–Crippen LogP) is -0.252. The molecule has 2 bridgehead atoms. The highest BCUT2D eigenvalue weighted by Gasteiger charge is 2.48. The predicted molar refractivity (Wildman–Crippen MR) is 94.9 cm³/mol. The van der Waals surface area contributed by atoms with Crippen LogP contribution in [0.1, 0.15) is 39.0 Å². The average molecular weight is 403 g/mol. The Morgan fingerprint density at radius 2 is 2.00 bits per heavy atom. The lowest BCUT2D eigenvalue weighted by Crippen LogP contribution is -2.49. The lowest BCUT2D eigenvalue weighted by Gasteiger charge is -2.30. The molecule has 0 aromatic carbocycles. The molecule has 3 rings (SSSR count). The molecule has 3 N–H and O–H groups in total. The summed E-state index contributed by atoms with van der Waals surface area (Å²) in [6.07, 6.45) is 3.66. The molecule has 0 aliphatic carbocycles. The first kappa shape index (κ1) is 19.8. The lowest BCUT2D eigenvalue weighted by atomic mass is 10.00. The number of fused-ring (bicyclic) bond motifs is 2. The molecule has 3 fully saturated rings. The number of hydrogen-bond donors (Lipinski definition) is 2. The van der Waals surface area contributed by atoms with Gasteiger partial charge in [-0.2, -0.15) is 13.5 Å². The van der Waals surface area contributed by atoms with Crippen LogP contribution >= 0.6 is 0 Å². The Labute approximate surface area is 158 Å². The maximum absolute atomic E-state index is 12.5. The number of carbonyl (C=O) groups is 2. The van der Waals surface area contributed by atoms with Crippen molar-refractivity contribution in [3.05, 3.63) is 0 Å². The Bertz CT molecular complexity index is 741. The first-order chi connectivity index (χ1) is 12.7. The van der Waals surface area contributed by atoms with Crippen LogP contribution in [0.2, 0.25) is 0 Å². The zero-order valence-corrected chi connectivity index (χ0v) is 16.0. The molecule has 0 radical (unpaired) electrons. The second kappa shape index (κ2) is 7.60. The quantitative estimate of drug-likeness (QED) is 0.374. The van der Waals surface area contributed by atoms with E-state index < -0.39 is 28.5 Å². The van der Waals surface area contributed by atoms with Gasteiger partial charge in [-0.15, -0.1) is 4.28 Å². The zero-order valence-electron chi connectivity index (χ0n) is 15.2. The molecular formula is C15H25N5O6S. The number of nitrogens with two attached hydrogens (primary N) is 1. The minimum atomic E-state index is -4.78. The summed E-state index contributed by atoms with van der Waals surface area (Å²) in [5, 5.41) is 0.686. The maximum Gasteiger partial charge on any atom is 0.418 e. The molecule has 3 saturated heterocycles. The van der Waals surface area contributed by atoms with Crippen molar-refractivity contribution >= 4 is 28.2 Å². The van der Waals surface area contributed by atoms with E-state index in [0.717, 1.165) is 19.3 Å². The molecule has 1 unspecified atom stereocenters. The van der Waals surface area contributed by atoms with Crippen LogP contribution in [0.3, 0.4) is 0 Å². The van der Waals surface area contributed by atoms with Crippen LogP contribution in [0.25, 0.3) is 0 Å². The van der Waals surface area contributed by atoms with Crippen molar-refractivity contribution in [2.45, 2.75) is 57.2 Å². The highest BCUT2D eigenvalue weighted by atomic mass is 32.3. The number of amides is 3. The standard InChI is InChI=1S/C15H25N5O6S/c1-10(21)18-7-3-2-4-11(8-18)17-14(16)13-6-5-12-9-19(13)15(22)20(12)26-27(23,24)25/h11-13H,2-9H2,1H3,(H2,16,17)(H,23,24,25)/t11?,12-,13+/m1/s1. The second-order valence-electron chi connectivity index (χ2n) is 7.18. The summed E-state index contributed by atoms with van der Waals surface area (Å²) in [5.41, 5.74) is 6.20. The van der Waals surface area contributed by atoms with Gasteiger partial charge < -0.3 is 15.5 Å². The molecule has 27 heavy (non-hydrogen) atoms. The molecular weight excluding hydrogens is 378 g/mol. The molecule has 12 heteroatoms. The number of nitrogens with zero attached hydrogens (tertiary/aromatic N) is 4. The van der Waals surface area contributed by atoms with Gasteiger partial charge in [0, 0.05) is 26.6 Å². The summed E-state index contributed by atoms with van der Waals surface area (Å²) in [7, 11) is -4.78. The number of hydrogen-bond acceptors (Lipinski definition) is 6. The fourth-order valence-corrected chi connectivity index (χ4v) is 4.34. The first-order valence-corrected chi connectivity index (χ1v) is 10.4. The van der Waals surface area contributed by atoms with Gasteiger partial charge in [-0.25, -0.2) is 4.79 Å². The highest BCUT2D eigenvalue weighted by Crippen LogP contribution is 2.31. The van der Waals surface area contributed by atoms with Gasteiger partial charge in [0.15, 0.2) is 0 Å². The van der Waals surface area contributed by atoms with Crippen molar-refractivity contribution < 1.29 is 26.8 Å². The summed E-state index contributed by atoms with van der Waals surface area (Å²) in [4.78, 5) is 31.9. The van der Waals surface area contributed by atoms with E-state index in [1.165, 1.54) is 11.8 Å². The number of rotatable bonds is 4. The van der Waals surface area contributed by atoms with E-state index in [1.807, 2.05) is 0 Å². The maximum atomic E-state index is 12.5. The van der Waals surface area contributed by atoms with E-state index in [9.17, 15) is 18.0 Å². The number of carbonyl (C=O) groups excluding carboxylic acids is 2. The van der Waals surface area contributed by atoms with Crippen LogP contribution in [-0.2, 0) is 19.5 Å². The first-order valence-electron chi connectivity index (χ1n) is 9.01. The fourth-order valence-electron chi connectivity index (χ4n) is 3.95. The van der Waals surface area contributed by atoms with Crippen molar-refractivity contribution in [2.24, 2.45) is 10.7 Å². The monoisotopic (exact) mass is 403 g/mol. The molecule has 3 amide bonds. The van der Waals surface area contributed by atoms with Crippen LogP contribution in [0.4, 0.5) is 4.79 Å². The van der Waals surface area contributed by atoms with Crippen molar-refractivity contribution in [3.8, 4) is 0 Å². The molecule has 0 saturated carbocycles. The van der Waals surface area contributed by atoms with Crippen molar-refractivity contribution in [3.63, 3.8) is 0 Å². The summed E-state index contributed by atoms with van der Waals surface area (Å²) in [5.74, 6) is 0.301. The molecule has 3 atom stereocenters. The molecule has 0 aromatic heterocycles. The van der Waals surface area contributed by atoms with Crippen LogP contribution < -0.4 is 5.73 Å². The van der Waals surface area contributed by atoms with E-state index in [1.54, 1.807) is 4.90 Å². The van der Waals surface area contributed by atoms with Gasteiger partial charge in [0.1, 0.15) is 5.84 Å². The Hall–Kier alpha value is -1.92. The average Bonchev–Trinajstić information content (AvgIpc) is 2.76. The molecule has 3 aliphatic rings. The van der Waals surface area contributed by atoms with Crippen LogP contribution in [0, 0.1) is 0 Å². The van der Waals surface area contributed by atoms with E-state index in [4.69, 9.17) is 10.3 Å². The lowest BCUT2D eigenvalue weighted by molar-refractivity contribution is -0.128. The second-order valence-corrected chi connectivity index (χ2v) is 8.18. The van der Waals surface area contributed by atoms with E-state index in [-0.39, 0.29) is 18.5 Å². The van der Waals surface area contributed by atoms with Gasteiger partial charge in [0.05, 0.1) is 18.1 Å². The number of piperidine rings is 1. The number of likely N-dealkylation sites (tertiary alicyclic amines) is 1. The Balaban J connectivity index is 1.72. The summed E-state index contributed by atoms with van der Waals surface area (Å²) >= 11 is 0.